The smallest absolute Gasteiger partial charge is 0.237 e. The van der Waals surface area contributed by atoms with Crippen LogP contribution >= 0.6 is 24.4 Å². The molecule has 1 saturated heterocycles. The zero-order valence-electron chi connectivity index (χ0n) is 8.91. The van der Waals surface area contributed by atoms with Crippen molar-refractivity contribution in [1.29, 1.82) is 0 Å². The number of thiol groups is 1. The molecule has 1 fully saturated rings. The van der Waals surface area contributed by atoms with E-state index in [4.69, 9.17) is 0 Å². The lowest BCUT2D eigenvalue weighted by Crippen LogP contribution is -2.50. The van der Waals surface area contributed by atoms with E-state index in [0.29, 0.717) is 6.54 Å². The number of thioether (sulfide) groups is 1. The predicted octanol–water partition coefficient (Wildman–Crippen LogP) is 0.816. The number of likely N-dealkylation sites (N-methyl/N-ethyl adjacent to an activating group) is 1. The van der Waals surface area contributed by atoms with Crippen molar-refractivity contribution >= 4 is 30.3 Å². The van der Waals surface area contributed by atoms with E-state index in [2.05, 4.69) is 31.8 Å². The van der Waals surface area contributed by atoms with Gasteiger partial charge in [-0.25, -0.2) is 0 Å². The van der Waals surface area contributed by atoms with Crippen molar-refractivity contribution < 1.29 is 4.79 Å². The van der Waals surface area contributed by atoms with Crippen LogP contribution in [0, 0.1) is 0 Å². The van der Waals surface area contributed by atoms with Gasteiger partial charge in [-0.15, -0.1) is 11.8 Å². The molecule has 1 heterocycles. The quantitative estimate of drug-likeness (QED) is 0.709. The topological polar surface area (TPSA) is 32.3 Å². The van der Waals surface area contributed by atoms with Crippen molar-refractivity contribution in [3.63, 3.8) is 0 Å². The van der Waals surface area contributed by atoms with Crippen LogP contribution in [0.15, 0.2) is 0 Å². The van der Waals surface area contributed by atoms with Gasteiger partial charge in [0.25, 0.3) is 0 Å². The van der Waals surface area contributed by atoms with Gasteiger partial charge in [-0.1, -0.05) is 0 Å². The molecule has 0 aliphatic carbocycles. The van der Waals surface area contributed by atoms with E-state index in [1.807, 2.05) is 16.7 Å². The largest absolute Gasteiger partial charge is 0.323 e. The fourth-order valence-corrected chi connectivity index (χ4v) is 3.48. The van der Waals surface area contributed by atoms with E-state index < -0.39 is 0 Å². The lowest BCUT2D eigenvalue weighted by atomic mass is 10.2. The van der Waals surface area contributed by atoms with Gasteiger partial charge in [0.1, 0.15) is 0 Å². The molecular weight excluding hydrogens is 216 g/mol. The van der Waals surface area contributed by atoms with Crippen LogP contribution in [0.5, 0.6) is 0 Å². The van der Waals surface area contributed by atoms with Crippen molar-refractivity contribution in [1.82, 2.24) is 10.2 Å². The van der Waals surface area contributed by atoms with Crippen LogP contribution in [0.2, 0.25) is 0 Å². The fraction of sp³-hybridized carbons (Fsp3) is 0.889. The molecule has 0 spiro atoms. The summed E-state index contributed by atoms with van der Waals surface area (Å²) in [6, 6.07) is 0.277. The first-order valence-corrected chi connectivity index (χ1v) is 6.36. The Hall–Kier alpha value is 0.130. The number of nitrogens with one attached hydrogen (secondary N) is 1. The minimum absolute atomic E-state index is 0.0820. The Morgan fingerprint density at radius 3 is 2.86 bits per heavy atom. The molecule has 3 nitrogen and oxygen atoms in total. The first kappa shape index (κ1) is 12.2. The number of hydrogen-bond donors (Lipinski definition) is 2. The number of nitrogens with zero attached hydrogens (tertiary/aromatic N) is 1. The highest BCUT2D eigenvalue weighted by molar-refractivity contribution is 8.00. The molecule has 0 aromatic carbocycles. The first-order chi connectivity index (χ1) is 6.53. The summed E-state index contributed by atoms with van der Waals surface area (Å²) < 4.78 is 0. The van der Waals surface area contributed by atoms with E-state index in [1.165, 1.54) is 0 Å². The average molecular weight is 234 g/mol. The second-order valence-corrected chi connectivity index (χ2v) is 5.87. The zero-order valence-corrected chi connectivity index (χ0v) is 10.6. The van der Waals surface area contributed by atoms with E-state index in [0.717, 1.165) is 11.5 Å². The lowest BCUT2D eigenvalue weighted by Gasteiger charge is -2.34. The molecule has 5 heteroatoms. The molecule has 1 N–H and O–H groups in total. The van der Waals surface area contributed by atoms with Gasteiger partial charge in [0.2, 0.25) is 5.91 Å². The van der Waals surface area contributed by atoms with Crippen LogP contribution < -0.4 is 5.32 Å². The number of carbonyl (C=O) groups excluding carboxylic acids is 1. The minimum atomic E-state index is -0.0820. The molecule has 1 unspecified atom stereocenters. The van der Waals surface area contributed by atoms with Crippen molar-refractivity contribution in [3.8, 4) is 0 Å². The van der Waals surface area contributed by atoms with Gasteiger partial charge in [0.15, 0.2) is 0 Å². The molecule has 1 aliphatic heterocycles. The molecule has 0 radical (unpaired) electrons. The molecular formula is C9H18N2OS2. The van der Waals surface area contributed by atoms with Crippen LogP contribution in [-0.4, -0.2) is 46.8 Å². The summed E-state index contributed by atoms with van der Waals surface area (Å²) >= 11 is 6.11. The number of rotatable bonds is 3. The number of carbonyl (C=O) groups is 1. The highest BCUT2D eigenvalue weighted by Gasteiger charge is 2.41. The molecule has 0 bridgehead atoms. The van der Waals surface area contributed by atoms with Crippen LogP contribution in [0.1, 0.15) is 13.8 Å². The van der Waals surface area contributed by atoms with E-state index in [-0.39, 0.29) is 16.8 Å². The van der Waals surface area contributed by atoms with E-state index >= 15 is 0 Å². The highest BCUT2D eigenvalue weighted by Crippen LogP contribution is 2.38. The Bertz CT molecular complexity index is 221. The van der Waals surface area contributed by atoms with Gasteiger partial charge in [0.05, 0.1) is 17.5 Å². The number of amides is 1. The SMILES string of the molecule is CNCC(=O)N1C(CS)CSC1(C)C. The third-order valence-electron chi connectivity index (χ3n) is 2.38. The maximum atomic E-state index is 11.8. The number of hydrogen-bond acceptors (Lipinski definition) is 4. The second-order valence-electron chi connectivity index (χ2n) is 3.89. The Morgan fingerprint density at radius 1 is 1.71 bits per heavy atom. The maximum Gasteiger partial charge on any atom is 0.237 e. The molecule has 1 amide bonds. The third kappa shape index (κ3) is 2.38. The Kier molecular flexibility index (Phi) is 4.15. The molecule has 1 aliphatic rings. The lowest BCUT2D eigenvalue weighted by molar-refractivity contribution is -0.133. The summed E-state index contributed by atoms with van der Waals surface area (Å²) in [5.74, 6) is 1.90. The summed E-state index contributed by atoms with van der Waals surface area (Å²) in [4.78, 5) is 13.7. The Balaban J connectivity index is 2.74. The molecule has 1 atom stereocenters. The van der Waals surface area contributed by atoms with Gasteiger partial charge in [-0.05, 0) is 20.9 Å². The van der Waals surface area contributed by atoms with Gasteiger partial charge in [-0.3, -0.25) is 4.79 Å². The van der Waals surface area contributed by atoms with Crippen LogP contribution in [0.25, 0.3) is 0 Å². The summed E-state index contributed by atoms with van der Waals surface area (Å²) in [7, 11) is 1.80. The summed E-state index contributed by atoms with van der Waals surface area (Å²) in [5.41, 5.74) is 0. The third-order valence-corrected chi connectivity index (χ3v) is 4.26. The molecule has 82 valence electrons. The van der Waals surface area contributed by atoms with Crippen LogP contribution in [0.3, 0.4) is 0 Å². The van der Waals surface area contributed by atoms with E-state index in [1.54, 1.807) is 7.05 Å². The summed E-state index contributed by atoms with van der Waals surface area (Å²) in [6.45, 7) is 4.59. The van der Waals surface area contributed by atoms with E-state index in [9.17, 15) is 4.79 Å². The predicted molar refractivity (Wildman–Crippen MR) is 65.0 cm³/mol. The first-order valence-electron chi connectivity index (χ1n) is 4.74. The highest BCUT2D eigenvalue weighted by atomic mass is 32.2. The van der Waals surface area contributed by atoms with Gasteiger partial charge < -0.3 is 10.2 Å². The van der Waals surface area contributed by atoms with Crippen molar-refractivity contribution in [2.24, 2.45) is 0 Å². The van der Waals surface area contributed by atoms with Gasteiger partial charge >= 0.3 is 0 Å². The summed E-state index contributed by atoms with van der Waals surface area (Å²) in [6.07, 6.45) is 0. The normalized spacial score (nSPS) is 25.4. The van der Waals surface area contributed by atoms with Gasteiger partial charge in [0, 0.05) is 11.5 Å². The maximum absolute atomic E-state index is 11.8. The average Bonchev–Trinajstić information content (AvgIpc) is 2.41. The standard InChI is InChI=1S/C9H18N2OS2/c1-9(2)11(8(12)4-10-3)7(5-13)6-14-9/h7,10,13H,4-6H2,1-3H3. The van der Waals surface area contributed by atoms with Crippen molar-refractivity contribution in [2.45, 2.75) is 24.8 Å². The fourth-order valence-electron chi connectivity index (χ4n) is 1.76. The minimum Gasteiger partial charge on any atom is -0.323 e. The molecule has 1 rings (SSSR count). The van der Waals surface area contributed by atoms with Crippen molar-refractivity contribution in [3.05, 3.63) is 0 Å². The van der Waals surface area contributed by atoms with Crippen molar-refractivity contribution in [2.75, 3.05) is 25.1 Å². The molecule has 0 aromatic rings. The molecule has 14 heavy (non-hydrogen) atoms. The molecule has 0 saturated carbocycles. The Labute approximate surface area is 95.4 Å². The monoisotopic (exact) mass is 234 g/mol. The van der Waals surface area contributed by atoms with Crippen LogP contribution in [0.4, 0.5) is 0 Å². The molecule has 0 aromatic heterocycles. The Morgan fingerprint density at radius 2 is 2.36 bits per heavy atom. The van der Waals surface area contributed by atoms with Crippen LogP contribution in [-0.2, 0) is 4.79 Å². The second kappa shape index (κ2) is 4.77. The van der Waals surface area contributed by atoms with Gasteiger partial charge in [-0.2, -0.15) is 12.6 Å². The summed E-state index contributed by atoms with van der Waals surface area (Å²) in [5, 5.41) is 2.90. The zero-order chi connectivity index (χ0) is 10.8.